The van der Waals surface area contributed by atoms with Gasteiger partial charge in [-0.15, -0.1) is 0 Å². The van der Waals surface area contributed by atoms with E-state index >= 15 is 0 Å². The van der Waals surface area contributed by atoms with Crippen LogP contribution in [0.2, 0.25) is 0 Å². The molecule has 0 aliphatic rings. The van der Waals surface area contributed by atoms with E-state index in [0.29, 0.717) is 15.0 Å². The van der Waals surface area contributed by atoms with Crippen molar-refractivity contribution in [2.24, 2.45) is 0 Å². The quantitative estimate of drug-likeness (QED) is 0.336. The standard InChI is InChI=1S/C20H13Br2F7/c1-10(2)13-5-3-12(7-15(13)20(27,28)29)18(23)9-14(19(24,25)26)11-4-6-16(21)17(22)8-11/h3-9,14H,1H2,2H3/b18-9-. The largest absolute Gasteiger partial charge is 0.417 e. The number of hydrogen-bond donors (Lipinski definition) is 0. The molecule has 9 heteroatoms. The molecule has 0 heterocycles. The number of benzene rings is 2. The summed E-state index contributed by atoms with van der Waals surface area (Å²) in [4.78, 5) is 0. The van der Waals surface area contributed by atoms with Gasteiger partial charge < -0.3 is 0 Å². The maximum atomic E-state index is 14.6. The van der Waals surface area contributed by atoms with Crippen molar-refractivity contribution >= 4 is 43.3 Å². The zero-order chi connectivity index (χ0) is 22.1. The summed E-state index contributed by atoms with van der Waals surface area (Å²) in [6.45, 7) is 4.79. The smallest absolute Gasteiger partial charge is 0.207 e. The second-order valence-electron chi connectivity index (χ2n) is 6.25. The number of rotatable bonds is 4. The van der Waals surface area contributed by atoms with Gasteiger partial charge in [0.2, 0.25) is 0 Å². The molecular weight excluding hydrogens is 533 g/mol. The molecule has 0 saturated carbocycles. The van der Waals surface area contributed by atoms with Crippen LogP contribution < -0.4 is 0 Å². The van der Waals surface area contributed by atoms with Crippen molar-refractivity contribution in [2.75, 3.05) is 0 Å². The van der Waals surface area contributed by atoms with Gasteiger partial charge >= 0.3 is 12.4 Å². The Labute approximate surface area is 179 Å². The number of allylic oxidation sites excluding steroid dienone is 2. The van der Waals surface area contributed by atoms with Gasteiger partial charge in [0.15, 0.2) is 0 Å². The van der Waals surface area contributed by atoms with E-state index in [1.807, 2.05) is 0 Å². The van der Waals surface area contributed by atoms with Crippen molar-refractivity contribution in [1.82, 2.24) is 0 Å². The summed E-state index contributed by atoms with van der Waals surface area (Å²) in [5.41, 5.74) is -2.19. The van der Waals surface area contributed by atoms with Crippen LogP contribution in [-0.4, -0.2) is 6.18 Å². The predicted octanol–water partition coefficient (Wildman–Crippen LogP) is 8.92. The van der Waals surface area contributed by atoms with Crippen LogP contribution in [0.4, 0.5) is 30.7 Å². The lowest BCUT2D eigenvalue weighted by Gasteiger charge is -2.19. The summed E-state index contributed by atoms with van der Waals surface area (Å²) in [7, 11) is 0. The van der Waals surface area contributed by atoms with E-state index in [4.69, 9.17) is 0 Å². The molecule has 2 aromatic rings. The van der Waals surface area contributed by atoms with Gasteiger partial charge in [-0.1, -0.05) is 30.4 Å². The topological polar surface area (TPSA) is 0 Å². The van der Waals surface area contributed by atoms with Crippen molar-refractivity contribution in [3.8, 4) is 0 Å². The molecule has 156 valence electrons. The highest BCUT2D eigenvalue weighted by Gasteiger charge is 2.40. The van der Waals surface area contributed by atoms with Crippen LogP contribution in [0.25, 0.3) is 11.4 Å². The van der Waals surface area contributed by atoms with Crippen molar-refractivity contribution < 1.29 is 30.7 Å². The van der Waals surface area contributed by atoms with Crippen LogP contribution in [0, 0.1) is 0 Å². The Hall–Kier alpha value is -1.61. The van der Waals surface area contributed by atoms with Crippen LogP contribution in [0.15, 0.2) is 58.0 Å². The molecule has 1 atom stereocenters. The summed E-state index contributed by atoms with van der Waals surface area (Å²) >= 11 is 6.21. The minimum atomic E-state index is -4.85. The van der Waals surface area contributed by atoms with Crippen molar-refractivity contribution in [1.29, 1.82) is 0 Å². The van der Waals surface area contributed by atoms with Crippen molar-refractivity contribution in [3.63, 3.8) is 0 Å². The minimum Gasteiger partial charge on any atom is -0.207 e. The molecule has 0 aliphatic carbocycles. The number of hydrogen-bond acceptors (Lipinski definition) is 0. The van der Waals surface area contributed by atoms with Gasteiger partial charge in [0.1, 0.15) is 11.7 Å². The maximum Gasteiger partial charge on any atom is 0.417 e. The normalized spacial score (nSPS) is 14.1. The molecule has 0 aromatic heterocycles. The monoisotopic (exact) mass is 544 g/mol. The molecular formula is C20H13Br2F7. The summed E-state index contributed by atoms with van der Waals surface area (Å²) in [6, 6.07) is 6.15. The number of halogens is 9. The average Bonchev–Trinajstić information content (AvgIpc) is 2.59. The van der Waals surface area contributed by atoms with E-state index < -0.39 is 35.2 Å². The lowest BCUT2D eigenvalue weighted by molar-refractivity contribution is -0.140. The first-order chi connectivity index (χ1) is 13.2. The molecule has 0 radical (unpaired) electrons. The third-order valence-corrected chi connectivity index (χ3v) is 5.91. The van der Waals surface area contributed by atoms with Crippen LogP contribution in [-0.2, 0) is 6.18 Å². The molecule has 0 saturated heterocycles. The van der Waals surface area contributed by atoms with Crippen molar-refractivity contribution in [2.45, 2.75) is 25.2 Å². The lowest BCUT2D eigenvalue weighted by atomic mass is 9.94. The van der Waals surface area contributed by atoms with E-state index in [-0.39, 0.29) is 22.8 Å². The summed E-state index contributed by atoms with van der Waals surface area (Å²) in [5.74, 6) is -3.76. The molecule has 0 aliphatic heterocycles. The van der Waals surface area contributed by atoms with E-state index in [2.05, 4.69) is 38.4 Å². The van der Waals surface area contributed by atoms with E-state index in [1.165, 1.54) is 13.0 Å². The Bertz CT molecular complexity index is 956. The summed E-state index contributed by atoms with van der Waals surface area (Å²) < 4.78 is 95.9. The fourth-order valence-electron chi connectivity index (χ4n) is 2.63. The van der Waals surface area contributed by atoms with E-state index in [9.17, 15) is 30.7 Å². The predicted molar refractivity (Wildman–Crippen MR) is 106 cm³/mol. The Kier molecular flexibility index (Phi) is 7.05. The van der Waals surface area contributed by atoms with Gasteiger partial charge in [0.25, 0.3) is 0 Å². The fraction of sp³-hybridized carbons (Fsp3) is 0.200. The molecule has 0 N–H and O–H groups in total. The highest BCUT2D eigenvalue weighted by atomic mass is 79.9. The Morgan fingerprint density at radius 2 is 1.59 bits per heavy atom. The highest BCUT2D eigenvalue weighted by molar-refractivity contribution is 9.13. The second kappa shape index (κ2) is 8.63. The molecule has 0 spiro atoms. The first kappa shape index (κ1) is 23.7. The third kappa shape index (κ3) is 5.72. The minimum absolute atomic E-state index is 0.0983. The molecule has 2 aromatic carbocycles. The zero-order valence-corrected chi connectivity index (χ0v) is 17.9. The highest BCUT2D eigenvalue weighted by Crippen LogP contribution is 2.41. The van der Waals surface area contributed by atoms with E-state index in [1.54, 1.807) is 0 Å². The molecule has 29 heavy (non-hydrogen) atoms. The maximum absolute atomic E-state index is 14.6. The van der Waals surface area contributed by atoms with Gasteiger partial charge in [-0.3, -0.25) is 0 Å². The summed E-state index contributed by atoms with van der Waals surface area (Å²) in [5, 5.41) is 0. The first-order valence-electron chi connectivity index (χ1n) is 7.98. The Morgan fingerprint density at radius 1 is 0.966 bits per heavy atom. The molecule has 1 unspecified atom stereocenters. The van der Waals surface area contributed by atoms with Gasteiger partial charge in [0, 0.05) is 14.5 Å². The van der Waals surface area contributed by atoms with Crippen LogP contribution in [0.5, 0.6) is 0 Å². The lowest BCUT2D eigenvalue weighted by Crippen LogP contribution is -2.19. The Morgan fingerprint density at radius 3 is 2.07 bits per heavy atom. The van der Waals surface area contributed by atoms with Gasteiger partial charge in [0.05, 0.1) is 5.56 Å². The summed E-state index contributed by atoms with van der Waals surface area (Å²) in [6.07, 6.45) is -9.40. The molecule has 0 amide bonds. The molecule has 0 nitrogen and oxygen atoms in total. The third-order valence-electron chi connectivity index (χ3n) is 4.03. The van der Waals surface area contributed by atoms with Crippen LogP contribution in [0.1, 0.15) is 35.1 Å². The fourth-order valence-corrected chi connectivity index (χ4v) is 3.27. The number of alkyl halides is 6. The molecule has 2 rings (SSSR count). The van der Waals surface area contributed by atoms with Gasteiger partial charge in [-0.05, 0) is 74.2 Å². The van der Waals surface area contributed by atoms with E-state index in [0.717, 1.165) is 24.3 Å². The van der Waals surface area contributed by atoms with Crippen molar-refractivity contribution in [3.05, 3.63) is 80.3 Å². The second-order valence-corrected chi connectivity index (χ2v) is 7.95. The molecule has 0 bridgehead atoms. The molecule has 0 fully saturated rings. The zero-order valence-electron chi connectivity index (χ0n) is 14.7. The first-order valence-corrected chi connectivity index (χ1v) is 9.57. The average molecular weight is 546 g/mol. The van der Waals surface area contributed by atoms with Gasteiger partial charge in [-0.25, -0.2) is 4.39 Å². The van der Waals surface area contributed by atoms with Crippen LogP contribution >= 0.6 is 31.9 Å². The Balaban J connectivity index is 2.58. The SMILES string of the molecule is C=C(C)c1ccc(/C(F)=C/C(c2ccc(Br)c(Br)c2)C(F)(F)F)cc1C(F)(F)F. The van der Waals surface area contributed by atoms with Crippen LogP contribution in [0.3, 0.4) is 0 Å². The van der Waals surface area contributed by atoms with Gasteiger partial charge in [-0.2, -0.15) is 26.3 Å².